The summed E-state index contributed by atoms with van der Waals surface area (Å²) in [5.41, 5.74) is 1.18. The highest BCUT2D eigenvalue weighted by atomic mass is 16.2. The third kappa shape index (κ3) is 5.73. The van der Waals surface area contributed by atoms with Crippen LogP contribution in [0.25, 0.3) is 0 Å². The quantitative estimate of drug-likeness (QED) is 0.623. The smallest absolute Gasteiger partial charge is 0.319 e. The molecule has 1 saturated carbocycles. The lowest BCUT2D eigenvalue weighted by atomic mass is 10.2. The zero-order valence-electron chi connectivity index (χ0n) is 13.1. The average Bonchev–Trinajstić information content (AvgIpc) is 3.24. The molecule has 1 fully saturated rings. The van der Waals surface area contributed by atoms with Crippen molar-refractivity contribution < 1.29 is 9.59 Å². The molecular weight excluding hydrogens is 280 g/mol. The van der Waals surface area contributed by atoms with E-state index in [2.05, 4.69) is 21.3 Å². The van der Waals surface area contributed by atoms with Crippen molar-refractivity contribution in [1.29, 1.82) is 0 Å². The van der Waals surface area contributed by atoms with E-state index < -0.39 is 0 Å². The van der Waals surface area contributed by atoms with Crippen LogP contribution in [0.1, 0.15) is 26.7 Å². The summed E-state index contributed by atoms with van der Waals surface area (Å²) in [5.74, 6) is 0.626. The standard InChI is InChI=1S/C16H24N4O2/c1-11(2)18-16(22)20-14-6-4-3-5-13(14)19-15(21)10-17-9-12-7-8-12/h3-6,11-12,17H,7-10H2,1-2H3,(H,19,21)(H2,18,20,22). The van der Waals surface area contributed by atoms with Crippen LogP contribution in [0, 0.1) is 5.92 Å². The molecule has 0 bridgehead atoms. The molecule has 2 rings (SSSR count). The number of amides is 3. The Bertz CT molecular complexity index is 527. The summed E-state index contributed by atoms with van der Waals surface area (Å²) in [6.45, 7) is 4.95. The fourth-order valence-electron chi connectivity index (χ4n) is 2.03. The van der Waals surface area contributed by atoms with E-state index in [0.29, 0.717) is 11.4 Å². The second kappa shape index (κ2) is 7.79. The maximum absolute atomic E-state index is 11.9. The molecule has 1 aromatic rings. The maximum Gasteiger partial charge on any atom is 0.319 e. The van der Waals surface area contributed by atoms with Gasteiger partial charge in [0.25, 0.3) is 0 Å². The number of anilines is 2. The minimum absolute atomic E-state index is 0.0494. The average molecular weight is 304 g/mol. The van der Waals surface area contributed by atoms with Crippen LogP contribution >= 0.6 is 0 Å². The zero-order valence-corrected chi connectivity index (χ0v) is 13.1. The van der Waals surface area contributed by atoms with Crippen LogP contribution in [-0.2, 0) is 4.79 Å². The van der Waals surface area contributed by atoms with Crippen molar-refractivity contribution in [1.82, 2.24) is 10.6 Å². The van der Waals surface area contributed by atoms with Crippen molar-refractivity contribution in [2.45, 2.75) is 32.7 Å². The van der Waals surface area contributed by atoms with E-state index in [1.807, 2.05) is 26.0 Å². The van der Waals surface area contributed by atoms with E-state index in [1.54, 1.807) is 12.1 Å². The highest BCUT2D eigenvalue weighted by Gasteiger charge is 2.20. The second-order valence-corrected chi connectivity index (χ2v) is 5.92. The number of hydrogen-bond donors (Lipinski definition) is 4. The van der Waals surface area contributed by atoms with E-state index in [0.717, 1.165) is 12.5 Å². The molecule has 1 aliphatic carbocycles. The number of urea groups is 1. The summed E-state index contributed by atoms with van der Waals surface area (Å²) < 4.78 is 0. The molecule has 1 aromatic carbocycles. The van der Waals surface area contributed by atoms with Crippen LogP contribution in [0.2, 0.25) is 0 Å². The van der Waals surface area contributed by atoms with Gasteiger partial charge in [-0.25, -0.2) is 4.79 Å². The molecule has 0 aliphatic heterocycles. The first-order chi connectivity index (χ1) is 10.5. The monoisotopic (exact) mass is 304 g/mol. The third-order valence-electron chi connectivity index (χ3n) is 3.28. The van der Waals surface area contributed by atoms with Crippen LogP contribution in [0.15, 0.2) is 24.3 Å². The van der Waals surface area contributed by atoms with Crippen molar-refractivity contribution in [2.24, 2.45) is 5.92 Å². The van der Waals surface area contributed by atoms with Gasteiger partial charge in [-0.3, -0.25) is 4.79 Å². The molecule has 0 atom stereocenters. The second-order valence-electron chi connectivity index (χ2n) is 5.92. The van der Waals surface area contributed by atoms with Crippen LogP contribution in [0.5, 0.6) is 0 Å². The van der Waals surface area contributed by atoms with E-state index in [9.17, 15) is 9.59 Å². The van der Waals surface area contributed by atoms with Gasteiger partial charge in [0.15, 0.2) is 0 Å². The van der Waals surface area contributed by atoms with Gasteiger partial charge in [0.05, 0.1) is 17.9 Å². The van der Waals surface area contributed by atoms with E-state index in [-0.39, 0.29) is 24.5 Å². The van der Waals surface area contributed by atoms with Gasteiger partial charge in [-0.05, 0) is 51.3 Å². The van der Waals surface area contributed by atoms with Gasteiger partial charge in [0, 0.05) is 6.04 Å². The predicted molar refractivity (Wildman–Crippen MR) is 88.0 cm³/mol. The van der Waals surface area contributed by atoms with Crippen molar-refractivity contribution >= 4 is 23.3 Å². The van der Waals surface area contributed by atoms with Gasteiger partial charge in [-0.15, -0.1) is 0 Å². The number of para-hydroxylation sites is 2. The lowest BCUT2D eigenvalue weighted by Crippen LogP contribution is -2.34. The minimum atomic E-state index is -0.288. The fourth-order valence-corrected chi connectivity index (χ4v) is 2.03. The topological polar surface area (TPSA) is 82.3 Å². The Balaban J connectivity index is 1.86. The Morgan fingerprint density at radius 3 is 2.36 bits per heavy atom. The summed E-state index contributed by atoms with van der Waals surface area (Å²) in [6.07, 6.45) is 2.51. The summed E-state index contributed by atoms with van der Waals surface area (Å²) in [5, 5.41) is 11.5. The molecule has 6 heteroatoms. The Hall–Kier alpha value is -2.08. The molecule has 0 heterocycles. The molecule has 0 spiro atoms. The number of carbonyl (C=O) groups is 2. The zero-order chi connectivity index (χ0) is 15.9. The highest BCUT2D eigenvalue weighted by molar-refractivity contribution is 5.99. The molecule has 22 heavy (non-hydrogen) atoms. The van der Waals surface area contributed by atoms with Gasteiger partial charge < -0.3 is 21.3 Å². The largest absolute Gasteiger partial charge is 0.336 e. The van der Waals surface area contributed by atoms with Crippen molar-refractivity contribution in [3.63, 3.8) is 0 Å². The Kier molecular flexibility index (Phi) is 5.77. The number of benzene rings is 1. The van der Waals surface area contributed by atoms with Crippen molar-refractivity contribution in [2.75, 3.05) is 23.7 Å². The van der Waals surface area contributed by atoms with E-state index in [4.69, 9.17) is 0 Å². The highest BCUT2D eigenvalue weighted by Crippen LogP contribution is 2.27. The van der Waals surface area contributed by atoms with Crippen LogP contribution in [-0.4, -0.2) is 31.1 Å². The van der Waals surface area contributed by atoms with Gasteiger partial charge in [0.1, 0.15) is 0 Å². The third-order valence-corrected chi connectivity index (χ3v) is 3.28. The molecule has 4 N–H and O–H groups in total. The SMILES string of the molecule is CC(C)NC(=O)Nc1ccccc1NC(=O)CNCC1CC1. The fraction of sp³-hybridized carbons (Fsp3) is 0.500. The van der Waals surface area contributed by atoms with Gasteiger partial charge in [-0.1, -0.05) is 12.1 Å². The van der Waals surface area contributed by atoms with Crippen LogP contribution in [0.3, 0.4) is 0 Å². The predicted octanol–water partition coefficient (Wildman–Crippen LogP) is 2.15. The van der Waals surface area contributed by atoms with E-state index in [1.165, 1.54) is 12.8 Å². The molecule has 120 valence electrons. The molecule has 1 aliphatic rings. The van der Waals surface area contributed by atoms with Gasteiger partial charge in [0.2, 0.25) is 5.91 Å². The lowest BCUT2D eigenvalue weighted by molar-refractivity contribution is -0.115. The first-order valence-corrected chi connectivity index (χ1v) is 7.71. The maximum atomic E-state index is 11.9. The molecule has 3 amide bonds. The first-order valence-electron chi connectivity index (χ1n) is 7.71. The molecule has 0 unspecified atom stereocenters. The summed E-state index contributed by atoms with van der Waals surface area (Å²) in [7, 11) is 0. The molecule has 6 nitrogen and oxygen atoms in total. The van der Waals surface area contributed by atoms with Crippen molar-refractivity contribution in [3.05, 3.63) is 24.3 Å². The van der Waals surface area contributed by atoms with Crippen LogP contribution in [0.4, 0.5) is 16.2 Å². The normalized spacial score (nSPS) is 13.8. The minimum Gasteiger partial charge on any atom is -0.336 e. The van der Waals surface area contributed by atoms with E-state index >= 15 is 0 Å². The number of hydrogen-bond acceptors (Lipinski definition) is 3. The van der Waals surface area contributed by atoms with Gasteiger partial charge >= 0.3 is 6.03 Å². The van der Waals surface area contributed by atoms with Crippen LogP contribution < -0.4 is 21.3 Å². The number of nitrogens with one attached hydrogen (secondary N) is 4. The number of carbonyl (C=O) groups excluding carboxylic acids is 2. The Morgan fingerprint density at radius 1 is 1.14 bits per heavy atom. The van der Waals surface area contributed by atoms with Gasteiger partial charge in [-0.2, -0.15) is 0 Å². The molecule has 0 saturated heterocycles. The Morgan fingerprint density at radius 2 is 1.77 bits per heavy atom. The summed E-state index contributed by atoms with van der Waals surface area (Å²) in [6, 6.07) is 6.92. The Labute approximate surface area is 131 Å². The lowest BCUT2D eigenvalue weighted by Gasteiger charge is -2.14. The molecular formula is C16H24N4O2. The molecule has 0 aromatic heterocycles. The number of rotatable bonds is 7. The summed E-state index contributed by atoms with van der Waals surface area (Å²) >= 11 is 0. The molecule has 0 radical (unpaired) electrons. The first kappa shape index (κ1) is 16.3. The van der Waals surface area contributed by atoms with Crippen molar-refractivity contribution in [3.8, 4) is 0 Å². The summed E-state index contributed by atoms with van der Waals surface area (Å²) in [4.78, 5) is 23.7.